The number of ether oxygens (including phenoxy) is 3. The van der Waals surface area contributed by atoms with Crippen molar-refractivity contribution >= 4 is 22.5 Å². The number of aliphatic hydroxyl groups excluding tert-OH is 1. The molecule has 0 radical (unpaired) electrons. The van der Waals surface area contributed by atoms with Gasteiger partial charge in [-0.3, -0.25) is 15.1 Å². The number of alkyl halides is 3. The Hall–Kier alpha value is -4.53. The Kier molecular flexibility index (Phi) is 10.2. The number of fused-ring (bicyclic) bond motifs is 1. The molecule has 5 rings (SSSR count). The second-order valence-electron chi connectivity index (χ2n) is 10.7. The van der Waals surface area contributed by atoms with Crippen LogP contribution in [-0.2, 0) is 17.5 Å². The number of nitrogens with one attached hydrogen (secondary N) is 3. The summed E-state index contributed by atoms with van der Waals surface area (Å²) in [6.07, 6.45) is -3.23. The summed E-state index contributed by atoms with van der Waals surface area (Å²) >= 11 is 0. The number of halogens is 5. The summed E-state index contributed by atoms with van der Waals surface area (Å²) < 4.78 is 84.9. The van der Waals surface area contributed by atoms with E-state index in [1.807, 2.05) is 0 Å². The molecule has 1 amide bonds. The molecule has 1 aliphatic rings. The predicted molar refractivity (Wildman–Crippen MR) is 159 cm³/mol. The first-order valence-electron chi connectivity index (χ1n) is 14.4. The maximum atomic E-state index is 15.1. The van der Waals surface area contributed by atoms with Crippen LogP contribution in [0.2, 0.25) is 0 Å². The van der Waals surface area contributed by atoms with E-state index in [4.69, 9.17) is 14.2 Å². The van der Waals surface area contributed by atoms with Gasteiger partial charge >= 0.3 is 6.18 Å². The van der Waals surface area contributed by atoms with E-state index in [2.05, 4.69) is 20.9 Å². The van der Waals surface area contributed by atoms with Gasteiger partial charge in [0.05, 0.1) is 24.8 Å². The van der Waals surface area contributed by atoms with Crippen LogP contribution in [0, 0.1) is 17.6 Å². The summed E-state index contributed by atoms with van der Waals surface area (Å²) in [4.78, 5) is 16.8. The van der Waals surface area contributed by atoms with Crippen LogP contribution >= 0.6 is 0 Å². The van der Waals surface area contributed by atoms with E-state index in [-0.39, 0.29) is 29.3 Å². The Morgan fingerprint density at radius 3 is 2.50 bits per heavy atom. The Balaban J connectivity index is 1.22. The third kappa shape index (κ3) is 8.00. The van der Waals surface area contributed by atoms with Crippen molar-refractivity contribution in [3.8, 4) is 23.0 Å². The predicted octanol–water partition coefficient (Wildman–Crippen LogP) is 5.76. The maximum Gasteiger partial charge on any atom is 0.419 e. The lowest BCUT2D eigenvalue weighted by Gasteiger charge is -2.23. The molecule has 0 bridgehead atoms. The highest BCUT2D eigenvalue weighted by molar-refractivity contribution is 5.93. The lowest BCUT2D eigenvalue weighted by atomic mass is 9.99. The molecule has 244 valence electrons. The van der Waals surface area contributed by atoms with E-state index >= 15 is 4.39 Å². The number of nitrogens with zero attached hydrogens (tertiary/aromatic N) is 1. The fourth-order valence-electron chi connectivity index (χ4n) is 4.94. The molecule has 1 aromatic heterocycles. The standard InChI is InChI=1S/C32H31F5N4O5/c1-44-28-14-21-25(15-29(28)45-17-18-6-9-38-10-7-18)39-11-8-26(21)46-27-5-3-20(13-24(27)34)41-31(43)30(42)40-16-19-2-4-23(33)22(12-19)32(35,36)37/h2-5,8,11-15,18,30,38,40,42H,6-7,9-10,16-17H2,1H3,(H,41,43). The highest BCUT2D eigenvalue weighted by atomic mass is 19.4. The number of anilines is 1. The Labute approximate surface area is 260 Å². The summed E-state index contributed by atoms with van der Waals surface area (Å²) in [5.41, 5.74) is -0.965. The van der Waals surface area contributed by atoms with E-state index in [0.717, 1.165) is 38.1 Å². The lowest BCUT2D eigenvalue weighted by molar-refractivity contribution is -0.140. The molecule has 1 aliphatic heterocycles. The minimum Gasteiger partial charge on any atom is -0.493 e. The molecule has 1 atom stereocenters. The van der Waals surface area contributed by atoms with E-state index in [1.54, 1.807) is 18.2 Å². The SMILES string of the molecule is COc1cc2c(Oc3ccc(NC(=O)C(O)NCc4ccc(F)c(C(F)(F)F)c4)cc3F)ccnc2cc1OCC1CCNCC1. The van der Waals surface area contributed by atoms with Crippen LogP contribution in [-0.4, -0.2) is 49.0 Å². The van der Waals surface area contributed by atoms with Crippen molar-refractivity contribution in [2.45, 2.75) is 31.8 Å². The first kappa shape index (κ1) is 32.9. The first-order chi connectivity index (χ1) is 22.0. The van der Waals surface area contributed by atoms with Crippen molar-refractivity contribution < 1.29 is 46.1 Å². The number of methoxy groups -OCH3 is 1. The van der Waals surface area contributed by atoms with Crippen LogP contribution in [0.25, 0.3) is 10.9 Å². The van der Waals surface area contributed by atoms with Crippen LogP contribution in [0.5, 0.6) is 23.0 Å². The van der Waals surface area contributed by atoms with Crippen molar-refractivity contribution in [2.24, 2.45) is 5.92 Å². The summed E-state index contributed by atoms with van der Waals surface area (Å²) in [5.74, 6) is -1.72. The molecule has 46 heavy (non-hydrogen) atoms. The monoisotopic (exact) mass is 646 g/mol. The number of benzene rings is 3. The summed E-state index contributed by atoms with van der Waals surface area (Å²) in [6.45, 7) is 2.06. The molecule has 1 unspecified atom stereocenters. The van der Waals surface area contributed by atoms with E-state index in [1.165, 1.54) is 25.4 Å². The van der Waals surface area contributed by atoms with Crippen LogP contribution in [0.4, 0.5) is 27.6 Å². The molecule has 2 heterocycles. The van der Waals surface area contributed by atoms with Crippen molar-refractivity contribution in [1.29, 1.82) is 0 Å². The Morgan fingerprint density at radius 2 is 1.78 bits per heavy atom. The van der Waals surface area contributed by atoms with Crippen molar-refractivity contribution in [2.75, 3.05) is 32.1 Å². The van der Waals surface area contributed by atoms with E-state index in [0.29, 0.717) is 47.1 Å². The van der Waals surface area contributed by atoms with Gasteiger partial charge in [-0.25, -0.2) is 8.78 Å². The second-order valence-corrected chi connectivity index (χ2v) is 10.7. The number of rotatable bonds is 11. The van der Waals surface area contributed by atoms with Crippen molar-refractivity contribution in [1.82, 2.24) is 15.6 Å². The normalized spacial score (nSPS) is 14.6. The van der Waals surface area contributed by atoms with Crippen molar-refractivity contribution in [3.05, 3.63) is 83.6 Å². The van der Waals surface area contributed by atoms with E-state index < -0.39 is 35.5 Å². The van der Waals surface area contributed by atoms with Gasteiger partial charge < -0.3 is 30.0 Å². The topological polar surface area (TPSA) is 114 Å². The van der Waals surface area contributed by atoms with Crippen molar-refractivity contribution in [3.63, 3.8) is 0 Å². The molecule has 1 fully saturated rings. The summed E-state index contributed by atoms with van der Waals surface area (Å²) in [7, 11) is 1.51. The zero-order valence-electron chi connectivity index (χ0n) is 24.6. The Bertz CT molecular complexity index is 1700. The minimum absolute atomic E-state index is 0.0182. The number of piperidine rings is 1. The average molecular weight is 647 g/mol. The van der Waals surface area contributed by atoms with Gasteiger partial charge in [0.15, 0.2) is 29.3 Å². The van der Waals surface area contributed by atoms with Crippen LogP contribution < -0.4 is 30.2 Å². The van der Waals surface area contributed by atoms with Gasteiger partial charge in [0.2, 0.25) is 0 Å². The highest BCUT2D eigenvalue weighted by Gasteiger charge is 2.34. The van der Waals surface area contributed by atoms with Gasteiger partial charge in [-0.15, -0.1) is 0 Å². The second kappa shape index (κ2) is 14.3. The number of carbonyl (C=O) groups excluding carboxylic acids is 1. The molecule has 9 nitrogen and oxygen atoms in total. The molecule has 0 aliphatic carbocycles. The molecular formula is C32H31F5N4O5. The Morgan fingerprint density at radius 1 is 1.00 bits per heavy atom. The number of amides is 1. The maximum absolute atomic E-state index is 15.1. The fraction of sp³-hybridized carbons (Fsp3) is 0.312. The lowest BCUT2D eigenvalue weighted by Crippen LogP contribution is -2.40. The van der Waals surface area contributed by atoms with Gasteiger partial charge in [-0.05, 0) is 73.8 Å². The first-order valence-corrected chi connectivity index (χ1v) is 14.4. The van der Waals surface area contributed by atoms with Gasteiger partial charge in [-0.1, -0.05) is 6.07 Å². The van der Waals surface area contributed by atoms with Crippen LogP contribution in [0.15, 0.2) is 60.8 Å². The number of pyridine rings is 1. The number of carbonyl (C=O) groups is 1. The molecule has 0 saturated carbocycles. The molecule has 4 N–H and O–H groups in total. The zero-order chi connectivity index (χ0) is 32.8. The smallest absolute Gasteiger partial charge is 0.419 e. The molecule has 1 saturated heterocycles. The summed E-state index contributed by atoms with van der Waals surface area (Å²) in [5, 5.41) is 18.7. The number of hydrogen-bond acceptors (Lipinski definition) is 8. The zero-order valence-corrected chi connectivity index (χ0v) is 24.6. The van der Waals surface area contributed by atoms with Crippen LogP contribution in [0.3, 0.4) is 0 Å². The fourth-order valence-corrected chi connectivity index (χ4v) is 4.94. The van der Waals surface area contributed by atoms with Gasteiger partial charge in [0.25, 0.3) is 5.91 Å². The van der Waals surface area contributed by atoms with Gasteiger partial charge in [-0.2, -0.15) is 13.2 Å². The van der Waals surface area contributed by atoms with Crippen LogP contribution in [0.1, 0.15) is 24.0 Å². The molecular weight excluding hydrogens is 615 g/mol. The number of aromatic nitrogens is 1. The highest BCUT2D eigenvalue weighted by Crippen LogP contribution is 2.38. The number of aliphatic hydroxyl groups is 1. The minimum atomic E-state index is -4.90. The van der Waals surface area contributed by atoms with Gasteiger partial charge in [0.1, 0.15) is 11.6 Å². The summed E-state index contributed by atoms with van der Waals surface area (Å²) in [6, 6.07) is 10.9. The largest absolute Gasteiger partial charge is 0.493 e. The molecule has 14 heteroatoms. The average Bonchev–Trinajstić information content (AvgIpc) is 3.04. The molecule has 3 aromatic carbocycles. The molecule has 0 spiro atoms. The van der Waals surface area contributed by atoms with Gasteiger partial charge in [0, 0.05) is 35.9 Å². The third-order valence-corrected chi connectivity index (χ3v) is 7.42. The number of hydrogen-bond donors (Lipinski definition) is 4. The van der Waals surface area contributed by atoms with E-state index in [9.17, 15) is 27.5 Å². The molecule has 4 aromatic rings. The quantitative estimate of drug-likeness (QED) is 0.120. The third-order valence-electron chi connectivity index (χ3n) is 7.42.